The van der Waals surface area contributed by atoms with Crippen molar-refractivity contribution in [3.8, 4) is 0 Å². The molecule has 25 heavy (non-hydrogen) atoms. The highest BCUT2D eigenvalue weighted by Crippen LogP contribution is 2.20. The number of imidazole rings is 1. The predicted molar refractivity (Wildman–Crippen MR) is 95.7 cm³/mol. The molecule has 0 aliphatic rings. The van der Waals surface area contributed by atoms with E-state index in [4.69, 9.17) is 0 Å². The molecule has 1 N–H and O–H groups in total. The summed E-state index contributed by atoms with van der Waals surface area (Å²) in [5, 5.41) is 15.0. The second-order valence-corrected chi connectivity index (χ2v) is 7.21. The molecule has 0 aliphatic carbocycles. The van der Waals surface area contributed by atoms with Gasteiger partial charge in [0.05, 0.1) is 6.33 Å². The average molecular weight is 341 g/mol. The lowest BCUT2D eigenvalue weighted by Crippen LogP contribution is -2.35. The molecule has 0 bridgehead atoms. The molecule has 132 valence electrons. The summed E-state index contributed by atoms with van der Waals surface area (Å²) in [6.07, 6.45) is 6.69. The third-order valence-corrected chi connectivity index (χ3v) is 4.15. The van der Waals surface area contributed by atoms with Gasteiger partial charge in [0.25, 0.3) is 0 Å². The summed E-state index contributed by atoms with van der Waals surface area (Å²) in [6.45, 7) is 7.12. The molecule has 1 amide bonds. The van der Waals surface area contributed by atoms with E-state index in [1.54, 1.807) is 24.7 Å². The van der Waals surface area contributed by atoms with E-state index in [9.17, 15) is 10.0 Å². The highest BCUT2D eigenvalue weighted by atomic mass is 16.5. The van der Waals surface area contributed by atoms with Crippen LogP contribution in [0.1, 0.15) is 33.6 Å². The number of aromatic nitrogens is 4. The number of amides is 1. The van der Waals surface area contributed by atoms with Crippen LogP contribution in [0.25, 0.3) is 22.1 Å². The molecule has 0 saturated heterocycles. The van der Waals surface area contributed by atoms with Crippen LogP contribution in [-0.2, 0) is 11.3 Å². The second-order valence-electron chi connectivity index (χ2n) is 7.21. The van der Waals surface area contributed by atoms with Gasteiger partial charge in [-0.1, -0.05) is 20.8 Å². The summed E-state index contributed by atoms with van der Waals surface area (Å²) >= 11 is 0. The first-order chi connectivity index (χ1) is 11.9. The zero-order valence-electron chi connectivity index (χ0n) is 14.8. The van der Waals surface area contributed by atoms with Gasteiger partial charge in [-0.05, 0) is 18.9 Å². The Labute approximate surface area is 146 Å². The standard InChI is InChI=1S/C18H23N5O2/c1-18(2,3)17(24)20-8-4-5-10-22-12-21-13-11-23(25)14-7-6-9-19-15(14)16(13)22/h6-7,9,11-12H,4-5,8,10H2,1-3H3,(H,20,24). The number of aryl methyl sites for hydroxylation is 1. The molecule has 0 atom stereocenters. The molecule has 0 spiro atoms. The van der Waals surface area contributed by atoms with Gasteiger partial charge in [0.2, 0.25) is 17.6 Å². The molecular formula is C18H23N5O2. The summed E-state index contributed by atoms with van der Waals surface area (Å²) in [7, 11) is 0. The zero-order valence-corrected chi connectivity index (χ0v) is 14.8. The fraction of sp³-hybridized carbons (Fsp3) is 0.444. The minimum atomic E-state index is -0.362. The number of carbonyl (C=O) groups is 1. The highest BCUT2D eigenvalue weighted by Gasteiger charge is 2.20. The van der Waals surface area contributed by atoms with Crippen LogP contribution in [0.15, 0.2) is 30.9 Å². The average Bonchev–Trinajstić information content (AvgIpc) is 2.96. The quantitative estimate of drug-likeness (QED) is 0.438. The van der Waals surface area contributed by atoms with Crippen LogP contribution < -0.4 is 10.0 Å². The van der Waals surface area contributed by atoms with Gasteiger partial charge >= 0.3 is 0 Å². The molecule has 7 nitrogen and oxygen atoms in total. The molecule has 0 radical (unpaired) electrons. The Hall–Kier alpha value is -2.70. The lowest BCUT2D eigenvalue weighted by Gasteiger charge is -2.17. The first kappa shape index (κ1) is 17.1. The lowest BCUT2D eigenvalue weighted by atomic mass is 9.96. The fourth-order valence-corrected chi connectivity index (χ4v) is 2.73. The minimum absolute atomic E-state index is 0.0655. The number of fused-ring (bicyclic) bond motifs is 3. The van der Waals surface area contributed by atoms with E-state index in [1.807, 2.05) is 25.3 Å². The van der Waals surface area contributed by atoms with Crippen LogP contribution in [0.2, 0.25) is 0 Å². The highest BCUT2D eigenvalue weighted by molar-refractivity contribution is 5.97. The SMILES string of the molecule is CC(C)(C)C(=O)NCCCCn1cnc2c[n+]([O-])c3cccnc3c21. The van der Waals surface area contributed by atoms with Crippen molar-refractivity contribution in [2.24, 2.45) is 5.41 Å². The van der Waals surface area contributed by atoms with Crippen molar-refractivity contribution in [1.82, 2.24) is 19.9 Å². The van der Waals surface area contributed by atoms with Gasteiger partial charge in [-0.25, -0.2) is 9.97 Å². The Kier molecular flexibility index (Phi) is 4.57. The van der Waals surface area contributed by atoms with E-state index >= 15 is 0 Å². The maximum absolute atomic E-state index is 12.0. The van der Waals surface area contributed by atoms with E-state index in [1.165, 1.54) is 6.20 Å². The lowest BCUT2D eigenvalue weighted by molar-refractivity contribution is -0.575. The van der Waals surface area contributed by atoms with E-state index in [2.05, 4.69) is 15.3 Å². The number of unbranched alkanes of at least 4 members (excludes halogenated alkanes) is 1. The van der Waals surface area contributed by atoms with Crippen LogP contribution >= 0.6 is 0 Å². The molecular weight excluding hydrogens is 318 g/mol. The second kappa shape index (κ2) is 6.66. The number of hydrogen-bond donors (Lipinski definition) is 1. The van der Waals surface area contributed by atoms with Gasteiger partial charge in [-0.2, -0.15) is 4.73 Å². The molecule has 3 heterocycles. The van der Waals surface area contributed by atoms with Crippen molar-refractivity contribution in [1.29, 1.82) is 0 Å². The maximum Gasteiger partial charge on any atom is 0.244 e. The number of nitrogens with zero attached hydrogens (tertiary/aromatic N) is 4. The smallest absolute Gasteiger partial charge is 0.244 e. The molecule has 7 heteroatoms. The Balaban J connectivity index is 1.69. The first-order valence-corrected chi connectivity index (χ1v) is 8.48. The molecule has 0 fully saturated rings. The third kappa shape index (κ3) is 3.55. The molecule has 3 rings (SSSR count). The van der Waals surface area contributed by atoms with E-state index in [0.717, 1.165) is 29.6 Å². The Morgan fingerprint density at radius 3 is 2.88 bits per heavy atom. The van der Waals surface area contributed by atoms with Crippen molar-refractivity contribution >= 4 is 28.0 Å². The summed E-state index contributed by atoms with van der Waals surface area (Å²) < 4.78 is 2.83. The van der Waals surface area contributed by atoms with Crippen LogP contribution in [0.4, 0.5) is 0 Å². The minimum Gasteiger partial charge on any atom is -0.618 e. The van der Waals surface area contributed by atoms with Gasteiger partial charge in [0.1, 0.15) is 5.52 Å². The topological polar surface area (TPSA) is 86.8 Å². The Morgan fingerprint density at radius 1 is 1.32 bits per heavy atom. The summed E-state index contributed by atoms with van der Waals surface area (Å²) in [4.78, 5) is 20.5. The third-order valence-electron chi connectivity index (χ3n) is 4.15. The number of hydrogen-bond acceptors (Lipinski definition) is 4. The largest absolute Gasteiger partial charge is 0.618 e. The van der Waals surface area contributed by atoms with Gasteiger partial charge in [-0.3, -0.25) is 4.79 Å². The van der Waals surface area contributed by atoms with Crippen molar-refractivity contribution in [2.45, 2.75) is 40.2 Å². The van der Waals surface area contributed by atoms with Gasteiger partial charge < -0.3 is 15.1 Å². The van der Waals surface area contributed by atoms with Crippen LogP contribution in [0.3, 0.4) is 0 Å². The van der Waals surface area contributed by atoms with Gasteiger partial charge in [-0.15, -0.1) is 0 Å². The first-order valence-electron chi connectivity index (χ1n) is 8.48. The van der Waals surface area contributed by atoms with Gasteiger partial charge in [0.15, 0.2) is 11.0 Å². The molecule has 3 aromatic rings. The summed E-state index contributed by atoms with van der Waals surface area (Å²) in [6, 6.07) is 3.51. The summed E-state index contributed by atoms with van der Waals surface area (Å²) in [5.41, 5.74) is 2.35. The molecule has 3 aromatic heterocycles. The van der Waals surface area contributed by atoms with Crippen molar-refractivity contribution < 1.29 is 9.52 Å². The Bertz CT molecular complexity index is 911. The summed E-state index contributed by atoms with van der Waals surface area (Å²) in [5.74, 6) is 0.0655. The zero-order chi connectivity index (χ0) is 18.0. The van der Waals surface area contributed by atoms with Crippen molar-refractivity contribution in [3.05, 3.63) is 36.1 Å². The van der Waals surface area contributed by atoms with Crippen LogP contribution in [0.5, 0.6) is 0 Å². The molecule has 0 aliphatic heterocycles. The molecule has 0 aromatic carbocycles. The van der Waals surface area contributed by atoms with Crippen LogP contribution in [-0.4, -0.2) is 27.0 Å². The van der Waals surface area contributed by atoms with Gasteiger partial charge in [0, 0.05) is 30.8 Å². The van der Waals surface area contributed by atoms with Crippen molar-refractivity contribution in [3.63, 3.8) is 0 Å². The van der Waals surface area contributed by atoms with Crippen molar-refractivity contribution in [2.75, 3.05) is 6.54 Å². The van der Waals surface area contributed by atoms with E-state index in [0.29, 0.717) is 23.1 Å². The number of nitrogens with one attached hydrogen (secondary N) is 1. The normalized spacial score (nSPS) is 12.0. The Morgan fingerprint density at radius 2 is 2.12 bits per heavy atom. The van der Waals surface area contributed by atoms with E-state index in [-0.39, 0.29) is 11.3 Å². The fourth-order valence-electron chi connectivity index (χ4n) is 2.73. The predicted octanol–water partition coefficient (Wildman–Crippen LogP) is 2.16. The van der Waals surface area contributed by atoms with Crippen LogP contribution in [0, 0.1) is 10.6 Å². The molecule has 0 saturated carbocycles. The number of carbonyl (C=O) groups excluding carboxylic acids is 1. The van der Waals surface area contributed by atoms with E-state index < -0.39 is 0 Å². The molecule has 0 unspecified atom stereocenters. The number of pyridine rings is 2. The monoisotopic (exact) mass is 341 g/mol. The number of rotatable bonds is 5. The maximum atomic E-state index is 12.0.